The van der Waals surface area contributed by atoms with E-state index >= 15 is 0 Å². The Kier molecular flexibility index (Phi) is 4.14. The van der Waals surface area contributed by atoms with Gasteiger partial charge in [0.05, 0.1) is 10.6 Å². The van der Waals surface area contributed by atoms with Gasteiger partial charge in [0.2, 0.25) is 0 Å². The molecule has 0 heterocycles. The number of hydrogen-bond acceptors (Lipinski definition) is 2. The summed E-state index contributed by atoms with van der Waals surface area (Å²) >= 11 is 0. The molecular weight excluding hydrogens is 220 g/mol. The van der Waals surface area contributed by atoms with Gasteiger partial charge in [-0.25, -0.2) is 8.42 Å². The summed E-state index contributed by atoms with van der Waals surface area (Å²) < 4.78 is 23.1. The summed E-state index contributed by atoms with van der Waals surface area (Å²) in [4.78, 5) is 0.382. The van der Waals surface area contributed by atoms with Crippen molar-refractivity contribution >= 4 is 9.84 Å². The Morgan fingerprint density at radius 1 is 1.31 bits per heavy atom. The van der Waals surface area contributed by atoms with Gasteiger partial charge in [0.25, 0.3) is 0 Å². The first-order chi connectivity index (χ1) is 7.49. The molecule has 0 amide bonds. The quantitative estimate of drug-likeness (QED) is 0.752. The van der Waals surface area contributed by atoms with Crippen LogP contribution >= 0.6 is 0 Å². The third kappa shape index (κ3) is 3.11. The predicted molar refractivity (Wildman–Crippen MR) is 65.9 cm³/mol. The van der Waals surface area contributed by atoms with Gasteiger partial charge in [-0.15, -0.1) is 12.3 Å². The van der Waals surface area contributed by atoms with Crippen molar-refractivity contribution in [2.75, 3.05) is 5.75 Å². The number of hydrogen-bond donors (Lipinski definition) is 0. The maximum atomic E-state index is 11.6. The fraction of sp³-hybridized carbons (Fsp3) is 0.385. The molecule has 86 valence electrons. The molecule has 0 radical (unpaired) electrons. The van der Waals surface area contributed by atoms with Crippen LogP contribution in [0.15, 0.2) is 29.2 Å². The van der Waals surface area contributed by atoms with E-state index in [4.69, 9.17) is 6.42 Å². The summed E-state index contributed by atoms with van der Waals surface area (Å²) in [5.74, 6) is 2.96. The van der Waals surface area contributed by atoms with Crippen LogP contribution in [0.2, 0.25) is 0 Å². The zero-order valence-electron chi connectivity index (χ0n) is 9.60. The molecule has 0 bridgehead atoms. The molecule has 1 atom stereocenters. The van der Waals surface area contributed by atoms with Crippen LogP contribution in [0.3, 0.4) is 0 Å². The maximum absolute atomic E-state index is 11.6. The van der Waals surface area contributed by atoms with E-state index in [-0.39, 0.29) is 11.7 Å². The van der Waals surface area contributed by atoms with Crippen molar-refractivity contribution in [1.29, 1.82) is 0 Å². The molecule has 2 nitrogen and oxygen atoms in total. The Bertz CT molecular complexity index is 478. The zero-order valence-corrected chi connectivity index (χ0v) is 10.4. The number of benzene rings is 1. The lowest BCUT2D eigenvalue weighted by Crippen LogP contribution is -2.04. The van der Waals surface area contributed by atoms with Gasteiger partial charge in [0, 0.05) is 5.92 Å². The second-order valence-electron chi connectivity index (χ2n) is 3.82. The molecule has 0 aliphatic carbocycles. The first-order valence-electron chi connectivity index (χ1n) is 5.27. The van der Waals surface area contributed by atoms with E-state index in [9.17, 15) is 8.42 Å². The Hall–Kier alpha value is -1.27. The van der Waals surface area contributed by atoms with Gasteiger partial charge in [0.15, 0.2) is 9.84 Å². The minimum absolute atomic E-state index is 0.132. The molecule has 0 aliphatic heterocycles. The second kappa shape index (κ2) is 5.18. The minimum Gasteiger partial charge on any atom is -0.224 e. The van der Waals surface area contributed by atoms with Crippen molar-refractivity contribution in [3.05, 3.63) is 29.8 Å². The van der Waals surface area contributed by atoms with Gasteiger partial charge in [-0.2, -0.15) is 0 Å². The molecule has 0 N–H and O–H groups in total. The van der Waals surface area contributed by atoms with Crippen molar-refractivity contribution in [2.45, 2.75) is 25.2 Å². The van der Waals surface area contributed by atoms with E-state index in [1.165, 1.54) is 0 Å². The van der Waals surface area contributed by atoms with Crippen LogP contribution in [-0.4, -0.2) is 14.2 Å². The zero-order chi connectivity index (χ0) is 12.2. The average Bonchev–Trinajstić information content (AvgIpc) is 2.29. The Morgan fingerprint density at radius 2 is 1.88 bits per heavy atom. The van der Waals surface area contributed by atoms with Crippen LogP contribution in [0.1, 0.15) is 19.4 Å². The molecule has 1 unspecified atom stereocenters. The maximum Gasteiger partial charge on any atom is 0.178 e. The van der Waals surface area contributed by atoms with Gasteiger partial charge in [-0.1, -0.05) is 26.0 Å². The van der Waals surface area contributed by atoms with Gasteiger partial charge in [-0.05, 0) is 24.1 Å². The topological polar surface area (TPSA) is 34.1 Å². The smallest absolute Gasteiger partial charge is 0.178 e. The van der Waals surface area contributed by atoms with Gasteiger partial charge in [-0.3, -0.25) is 0 Å². The summed E-state index contributed by atoms with van der Waals surface area (Å²) in [6.07, 6.45) is 6.08. The molecular formula is C13H16O2S. The summed E-state index contributed by atoms with van der Waals surface area (Å²) in [5.41, 5.74) is 1.07. The summed E-state index contributed by atoms with van der Waals surface area (Å²) in [7, 11) is -3.09. The highest BCUT2D eigenvalue weighted by Crippen LogP contribution is 2.14. The van der Waals surface area contributed by atoms with Crippen LogP contribution in [0.4, 0.5) is 0 Å². The molecule has 0 spiro atoms. The van der Waals surface area contributed by atoms with Crippen LogP contribution in [-0.2, 0) is 16.3 Å². The number of sulfone groups is 1. The SMILES string of the molecule is C#CC(C)Cc1ccc(S(=O)(=O)CC)cc1. The number of terminal acetylenes is 1. The fourth-order valence-electron chi connectivity index (χ4n) is 1.41. The molecule has 0 aliphatic rings. The van der Waals surface area contributed by atoms with Crippen LogP contribution in [0, 0.1) is 18.3 Å². The molecule has 0 fully saturated rings. The molecule has 3 heteroatoms. The van der Waals surface area contributed by atoms with Crippen LogP contribution in [0.25, 0.3) is 0 Å². The van der Waals surface area contributed by atoms with E-state index < -0.39 is 9.84 Å². The molecule has 0 aromatic heterocycles. The largest absolute Gasteiger partial charge is 0.224 e. The third-order valence-corrected chi connectivity index (χ3v) is 4.24. The molecule has 1 aromatic rings. The third-order valence-electron chi connectivity index (χ3n) is 2.49. The van der Waals surface area contributed by atoms with Crippen molar-refractivity contribution in [1.82, 2.24) is 0 Å². The van der Waals surface area contributed by atoms with Gasteiger partial charge < -0.3 is 0 Å². The monoisotopic (exact) mass is 236 g/mol. The van der Waals surface area contributed by atoms with Crippen molar-refractivity contribution in [3.63, 3.8) is 0 Å². The van der Waals surface area contributed by atoms with Gasteiger partial charge >= 0.3 is 0 Å². The highest BCUT2D eigenvalue weighted by Gasteiger charge is 2.10. The van der Waals surface area contributed by atoms with E-state index in [1.807, 2.05) is 19.1 Å². The standard InChI is InChI=1S/C13H16O2S/c1-4-11(3)10-12-6-8-13(9-7-12)16(14,15)5-2/h1,6-9,11H,5,10H2,2-3H3. The normalized spacial score (nSPS) is 13.1. The minimum atomic E-state index is -3.09. The lowest BCUT2D eigenvalue weighted by atomic mass is 10.0. The summed E-state index contributed by atoms with van der Waals surface area (Å²) in [6.45, 7) is 3.61. The highest BCUT2D eigenvalue weighted by molar-refractivity contribution is 7.91. The summed E-state index contributed by atoms with van der Waals surface area (Å²) in [5, 5.41) is 0. The first-order valence-corrected chi connectivity index (χ1v) is 6.92. The van der Waals surface area contributed by atoms with Crippen molar-refractivity contribution in [3.8, 4) is 12.3 Å². The Balaban J connectivity index is 2.89. The van der Waals surface area contributed by atoms with Gasteiger partial charge in [0.1, 0.15) is 0 Å². The molecule has 1 aromatic carbocycles. The molecule has 16 heavy (non-hydrogen) atoms. The highest BCUT2D eigenvalue weighted by atomic mass is 32.2. The Labute approximate surface area is 97.6 Å². The van der Waals surface area contributed by atoms with E-state index in [2.05, 4.69) is 5.92 Å². The van der Waals surface area contributed by atoms with Crippen molar-refractivity contribution < 1.29 is 8.42 Å². The van der Waals surface area contributed by atoms with Crippen LogP contribution in [0.5, 0.6) is 0 Å². The summed E-state index contributed by atoms with van der Waals surface area (Å²) in [6, 6.07) is 6.96. The number of rotatable bonds is 4. The first kappa shape index (κ1) is 12.8. The molecule has 1 rings (SSSR count). The lowest BCUT2D eigenvalue weighted by molar-refractivity contribution is 0.597. The predicted octanol–water partition coefficient (Wildman–Crippen LogP) is 2.29. The van der Waals surface area contributed by atoms with E-state index in [0.717, 1.165) is 12.0 Å². The fourth-order valence-corrected chi connectivity index (χ4v) is 2.30. The molecule has 0 saturated heterocycles. The van der Waals surface area contributed by atoms with Crippen LogP contribution < -0.4 is 0 Å². The molecule has 0 saturated carbocycles. The van der Waals surface area contributed by atoms with E-state index in [0.29, 0.717) is 4.90 Å². The Morgan fingerprint density at radius 3 is 2.31 bits per heavy atom. The second-order valence-corrected chi connectivity index (χ2v) is 6.10. The van der Waals surface area contributed by atoms with E-state index in [1.54, 1.807) is 19.1 Å². The average molecular weight is 236 g/mol. The lowest BCUT2D eigenvalue weighted by Gasteiger charge is -2.06. The van der Waals surface area contributed by atoms with Crippen molar-refractivity contribution in [2.24, 2.45) is 5.92 Å².